The highest BCUT2D eigenvalue weighted by Gasteiger charge is 2.31. The molecule has 0 aromatic carbocycles. The number of methoxy groups -OCH3 is 1. The van der Waals surface area contributed by atoms with Gasteiger partial charge in [-0.25, -0.2) is 0 Å². The summed E-state index contributed by atoms with van der Waals surface area (Å²) in [4.78, 5) is 11.2. The monoisotopic (exact) mass is 169 g/mol. The van der Waals surface area contributed by atoms with Gasteiger partial charge in [-0.15, -0.1) is 0 Å². The van der Waals surface area contributed by atoms with Gasteiger partial charge in [-0.05, 0) is 6.92 Å². The average Bonchev–Trinajstić information content (AvgIpc) is 2.52. The summed E-state index contributed by atoms with van der Waals surface area (Å²) >= 11 is 0. The van der Waals surface area contributed by atoms with Crippen LogP contribution in [0.2, 0.25) is 0 Å². The Morgan fingerprint density at radius 3 is 2.92 bits per heavy atom. The Bertz CT molecular complexity index is 189. The van der Waals surface area contributed by atoms with Crippen LogP contribution in [-0.2, 0) is 9.53 Å². The highest BCUT2D eigenvalue weighted by atomic mass is 16.5. The SMILES string of the molecule is C/C=C/[C@@H]1CNC[C@H]1C(=O)OC. The van der Waals surface area contributed by atoms with Gasteiger partial charge in [-0.2, -0.15) is 0 Å². The zero-order chi connectivity index (χ0) is 8.97. The van der Waals surface area contributed by atoms with Crippen LogP contribution >= 0.6 is 0 Å². The first-order valence-corrected chi connectivity index (χ1v) is 4.21. The molecule has 0 amide bonds. The molecule has 0 unspecified atom stereocenters. The minimum atomic E-state index is -0.108. The zero-order valence-electron chi connectivity index (χ0n) is 7.54. The third-order valence-electron chi connectivity index (χ3n) is 2.20. The predicted octanol–water partition coefficient (Wildman–Crippen LogP) is 0.571. The molecule has 1 fully saturated rings. The van der Waals surface area contributed by atoms with Crippen LogP contribution in [0, 0.1) is 11.8 Å². The first kappa shape index (κ1) is 9.26. The molecule has 0 aliphatic carbocycles. The minimum Gasteiger partial charge on any atom is -0.469 e. The van der Waals surface area contributed by atoms with Crippen LogP contribution in [0.5, 0.6) is 0 Å². The summed E-state index contributed by atoms with van der Waals surface area (Å²) in [6.45, 7) is 3.58. The number of carbonyl (C=O) groups excluding carboxylic acids is 1. The second kappa shape index (κ2) is 4.26. The molecular formula is C9H15NO2. The molecule has 1 rings (SSSR count). The lowest BCUT2D eigenvalue weighted by molar-refractivity contribution is -0.145. The lowest BCUT2D eigenvalue weighted by Crippen LogP contribution is -2.22. The Balaban J connectivity index is 2.57. The Morgan fingerprint density at radius 2 is 2.33 bits per heavy atom. The molecule has 3 heteroatoms. The molecule has 3 nitrogen and oxygen atoms in total. The van der Waals surface area contributed by atoms with E-state index in [1.165, 1.54) is 7.11 Å². The Kier molecular flexibility index (Phi) is 3.29. The van der Waals surface area contributed by atoms with E-state index in [2.05, 4.69) is 11.4 Å². The molecule has 1 aliphatic rings. The second-order valence-corrected chi connectivity index (χ2v) is 2.98. The van der Waals surface area contributed by atoms with E-state index < -0.39 is 0 Å². The van der Waals surface area contributed by atoms with Gasteiger partial charge in [-0.3, -0.25) is 4.79 Å². The summed E-state index contributed by atoms with van der Waals surface area (Å²) < 4.78 is 4.70. The van der Waals surface area contributed by atoms with Crippen LogP contribution in [0.15, 0.2) is 12.2 Å². The molecule has 2 atom stereocenters. The fourth-order valence-electron chi connectivity index (χ4n) is 1.56. The van der Waals surface area contributed by atoms with Gasteiger partial charge in [0, 0.05) is 19.0 Å². The first-order valence-electron chi connectivity index (χ1n) is 4.21. The zero-order valence-corrected chi connectivity index (χ0v) is 7.54. The van der Waals surface area contributed by atoms with Crippen LogP contribution in [0.4, 0.5) is 0 Å². The van der Waals surface area contributed by atoms with Crippen molar-refractivity contribution < 1.29 is 9.53 Å². The van der Waals surface area contributed by atoms with Gasteiger partial charge in [0.1, 0.15) is 0 Å². The van der Waals surface area contributed by atoms with E-state index in [9.17, 15) is 4.79 Å². The van der Waals surface area contributed by atoms with Crippen LogP contribution in [0.1, 0.15) is 6.92 Å². The molecule has 0 aromatic heterocycles. The van der Waals surface area contributed by atoms with E-state index in [0.29, 0.717) is 5.92 Å². The minimum absolute atomic E-state index is 0.00574. The fourth-order valence-corrected chi connectivity index (χ4v) is 1.56. The van der Waals surface area contributed by atoms with Crippen LogP contribution in [-0.4, -0.2) is 26.2 Å². The lowest BCUT2D eigenvalue weighted by Gasteiger charge is -2.11. The van der Waals surface area contributed by atoms with Gasteiger partial charge in [0.15, 0.2) is 0 Å². The molecule has 1 N–H and O–H groups in total. The summed E-state index contributed by atoms with van der Waals surface area (Å²) in [5.74, 6) is 0.205. The molecule has 1 aliphatic heterocycles. The number of hydrogen-bond donors (Lipinski definition) is 1. The van der Waals surface area contributed by atoms with Crippen molar-refractivity contribution in [3.8, 4) is 0 Å². The van der Waals surface area contributed by atoms with Gasteiger partial charge in [0.05, 0.1) is 13.0 Å². The number of hydrogen-bond acceptors (Lipinski definition) is 3. The Morgan fingerprint density at radius 1 is 1.58 bits per heavy atom. The smallest absolute Gasteiger partial charge is 0.310 e. The van der Waals surface area contributed by atoms with E-state index in [1.807, 2.05) is 13.0 Å². The topological polar surface area (TPSA) is 38.3 Å². The Labute approximate surface area is 72.8 Å². The van der Waals surface area contributed by atoms with Crippen molar-refractivity contribution >= 4 is 5.97 Å². The number of allylic oxidation sites excluding steroid dienone is 1. The van der Waals surface area contributed by atoms with Crippen LogP contribution < -0.4 is 5.32 Å². The number of esters is 1. The summed E-state index contributed by atoms with van der Waals surface area (Å²) in [6.07, 6.45) is 4.04. The normalized spacial score (nSPS) is 29.5. The molecule has 68 valence electrons. The quantitative estimate of drug-likeness (QED) is 0.485. The van der Waals surface area contributed by atoms with Gasteiger partial charge >= 0.3 is 5.97 Å². The highest BCUT2D eigenvalue weighted by Crippen LogP contribution is 2.19. The summed E-state index contributed by atoms with van der Waals surface area (Å²) in [5, 5.41) is 3.17. The maximum Gasteiger partial charge on any atom is 0.310 e. The number of nitrogens with one attached hydrogen (secondary N) is 1. The van der Waals surface area contributed by atoms with E-state index >= 15 is 0 Å². The van der Waals surface area contributed by atoms with Crippen molar-refractivity contribution in [1.29, 1.82) is 0 Å². The number of ether oxygens (including phenoxy) is 1. The van der Waals surface area contributed by atoms with Gasteiger partial charge in [-0.1, -0.05) is 12.2 Å². The van der Waals surface area contributed by atoms with Gasteiger partial charge < -0.3 is 10.1 Å². The maximum atomic E-state index is 11.2. The third kappa shape index (κ3) is 1.85. The lowest BCUT2D eigenvalue weighted by atomic mass is 9.96. The second-order valence-electron chi connectivity index (χ2n) is 2.98. The molecule has 1 saturated heterocycles. The van der Waals surface area contributed by atoms with Crippen molar-refractivity contribution in [3.63, 3.8) is 0 Å². The molecule has 0 bridgehead atoms. The van der Waals surface area contributed by atoms with Crippen molar-refractivity contribution in [3.05, 3.63) is 12.2 Å². The summed E-state index contributed by atoms with van der Waals surface area (Å²) in [6, 6.07) is 0. The number of rotatable bonds is 2. The van der Waals surface area contributed by atoms with E-state index in [-0.39, 0.29) is 11.9 Å². The molecule has 0 aromatic rings. The van der Waals surface area contributed by atoms with Gasteiger partial charge in [0.2, 0.25) is 0 Å². The molecule has 0 saturated carbocycles. The van der Waals surface area contributed by atoms with Crippen molar-refractivity contribution in [1.82, 2.24) is 5.32 Å². The van der Waals surface area contributed by atoms with Crippen LogP contribution in [0.25, 0.3) is 0 Å². The molecular weight excluding hydrogens is 154 g/mol. The standard InChI is InChI=1S/C9H15NO2/c1-3-4-7-5-10-6-8(7)9(11)12-2/h3-4,7-8,10H,5-6H2,1-2H3/b4-3+/t7-,8-/m1/s1. The number of carbonyl (C=O) groups is 1. The third-order valence-corrected chi connectivity index (χ3v) is 2.20. The fraction of sp³-hybridized carbons (Fsp3) is 0.667. The maximum absolute atomic E-state index is 11.2. The molecule has 1 heterocycles. The van der Waals surface area contributed by atoms with Crippen molar-refractivity contribution in [2.45, 2.75) is 6.92 Å². The van der Waals surface area contributed by atoms with Gasteiger partial charge in [0.25, 0.3) is 0 Å². The molecule has 0 radical (unpaired) electrons. The highest BCUT2D eigenvalue weighted by molar-refractivity contribution is 5.73. The van der Waals surface area contributed by atoms with Crippen molar-refractivity contribution in [2.75, 3.05) is 20.2 Å². The predicted molar refractivity (Wildman–Crippen MR) is 46.7 cm³/mol. The first-order chi connectivity index (χ1) is 5.79. The van der Waals surface area contributed by atoms with E-state index in [0.717, 1.165) is 13.1 Å². The van der Waals surface area contributed by atoms with Crippen molar-refractivity contribution in [2.24, 2.45) is 11.8 Å². The molecule has 0 spiro atoms. The summed E-state index contributed by atoms with van der Waals surface area (Å²) in [7, 11) is 1.44. The molecule has 12 heavy (non-hydrogen) atoms. The van der Waals surface area contributed by atoms with Crippen LogP contribution in [0.3, 0.4) is 0 Å². The van der Waals surface area contributed by atoms with E-state index in [1.54, 1.807) is 0 Å². The van der Waals surface area contributed by atoms with E-state index in [4.69, 9.17) is 4.74 Å². The average molecular weight is 169 g/mol. The summed E-state index contributed by atoms with van der Waals surface area (Å²) in [5.41, 5.74) is 0. The Hall–Kier alpha value is -0.830. The largest absolute Gasteiger partial charge is 0.469 e.